The van der Waals surface area contributed by atoms with Crippen molar-refractivity contribution in [1.29, 1.82) is 0 Å². The molecule has 0 aliphatic heterocycles. The van der Waals surface area contributed by atoms with Crippen LogP contribution in [0.15, 0.2) is 78.9 Å². The molecular weight excluding hydrogens is 308 g/mol. The smallest absolute Gasteiger partial charge is 0.119 e. The molecule has 0 spiro atoms. The van der Waals surface area contributed by atoms with E-state index in [1.807, 2.05) is 38.1 Å². The summed E-state index contributed by atoms with van der Waals surface area (Å²) in [7, 11) is 0. The van der Waals surface area contributed by atoms with Gasteiger partial charge in [0.2, 0.25) is 0 Å². The predicted octanol–water partition coefficient (Wildman–Crippen LogP) is 5.66. The lowest BCUT2D eigenvalue weighted by Crippen LogP contribution is -2.04. The maximum atomic E-state index is 5.58. The molecule has 3 aromatic rings. The summed E-state index contributed by atoms with van der Waals surface area (Å²) < 4.78 is 11.2. The third-order valence-corrected chi connectivity index (χ3v) is 4.18. The molecule has 0 atom stereocenters. The first-order valence-corrected chi connectivity index (χ1v) is 8.82. The van der Waals surface area contributed by atoms with Crippen molar-refractivity contribution in [2.45, 2.75) is 19.8 Å². The van der Waals surface area contributed by atoms with Gasteiger partial charge in [-0.15, -0.1) is 0 Å². The maximum Gasteiger partial charge on any atom is 0.119 e. The second kappa shape index (κ2) is 8.39. The summed E-state index contributed by atoms with van der Waals surface area (Å²) in [4.78, 5) is 0. The van der Waals surface area contributed by atoms with Gasteiger partial charge in [0, 0.05) is 5.92 Å². The minimum atomic E-state index is 0.188. The number of rotatable bonds is 7. The van der Waals surface area contributed by atoms with Crippen molar-refractivity contribution in [2.24, 2.45) is 0 Å². The lowest BCUT2D eigenvalue weighted by molar-refractivity contribution is 0.340. The fraction of sp³-hybridized carbons (Fsp3) is 0.217. The van der Waals surface area contributed by atoms with Gasteiger partial charge in [-0.1, -0.05) is 54.6 Å². The molecule has 0 saturated carbocycles. The van der Waals surface area contributed by atoms with Gasteiger partial charge in [-0.05, 0) is 54.8 Å². The monoisotopic (exact) mass is 332 g/mol. The summed E-state index contributed by atoms with van der Waals surface area (Å²) in [6.07, 6.45) is 0. The first-order chi connectivity index (χ1) is 12.3. The molecule has 0 aliphatic rings. The van der Waals surface area contributed by atoms with Crippen LogP contribution in [0.1, 0.15) is 36.5 Å². The Labute approximate surface area is 150 Å². The van der Waals surface area contributed by atoms with E-state index in [1.165, 1.54) is 16.7 Å². The Morgan fingerprint density at radius 1 is 0.560 bits per heavy atom. The number of benzene rings is 3. The fourth-order valence-electron chi connectivity index (χ4n) is 3.07. The maximum absolute atomic E-state index is 5.58. The molecule has 0 heterocycles. The first-order valence-electron chi connectivity index (χ1n) is 8.82. The van der Waals surface area contributed by atoms with E-state index in [9.17, 15) is 0 Å². The summed E-state index contributed by atoms with van der Waals surface area (Å²) in [5.74, 6) is 2.00. The molecule has 25 heavy (non-hydrogen) atoms. The van der Waals surface area contributed by atoms with Gasteiger partial charge in [-0.3, -0.25) is 0 Å². The average Bonchev–Trinajstić information content (AvgIpc) is 2.66. The van der Waals surface area contributed by atoms with Crippen molar-refractivity contribution in [3.63, 3.8) is 0 Å². The highest BCUT2D eigenvalue weighted by Gasteiger charge is 2.16. The highest BCUT2D eigenvalue weighted by atomic mass is 16.5. The van der Waals surface area contributed by atoms with E-state index in [0.29, 0.717) is 13.2 Å². The second-order valence-electron chi connectivity index (χ2n) is 5.85. The summed E-state index contributed by atoms with van der Waals surface area (Å²) in [5, 5.41) is 0. The van der Waals surface area contributed by atoms with Gasteiger partial charge in [0.05, 0.1) is 13.2 Å². The molecule has 0 aliphatic carbocycles. The largest absolute Gasteiger partial charge is 0.494 e. The molecule has 0 amide bonds. The van der Waals surface area contributed by atoms with Gasteiger partial charge < -0.3 is 9.47 Å². The number of hydrogen-bond acceptors (Lipinski definition) is 2. The van der Waals surface area contributed by atoms with Gasteiger partial charge in [-0.2, -0.15) is 0 Å². The Morgan fingerprint density at radius 3 is 1.36 bits per heavy atom. The van der Waals surface area contributed by atoms with Crippen LogP contribution in [0.2, 0.25) is 0 Å². The van der Waals surface area contributed by atoms with E-state index < -0.39 is 0 Å². The van der Waals surface area contributed by atoms with Crippen molar-refractivity contribution in [3.8, 4) is 11.5 Å². The minimum absolute atomic E-state index is 0.188. The highest BCUT2D eigenvalue weighted by Crippen LogP contribution is 2.33. The van der Waals surface area contributed by atoms with E-state index in [1.54, 1.807) is 0 Å². The normalized spacial score (nSPS) is 10.7. The van der Waals surface area contributed by atoms with Crippen LogP contribution in [-0.4, -0.2) is 13.2 Å². The zero-order chi connectivity index (χ0) is 17.5. The Balaban J connectivity index is 1.98. The van der Waals surface area contributed by atoms with Crippen molar-refractivity contribution < 1.29 is 9.47 Å². The Kier molecular flexibility index (Phi) is 5.73. The second-order valence-corrected chi connectivity index (χ2v) is 5.85. The van der Waals surface area contributed by atoms with Crippen LogP contribution in [0.5, 0.6) is 11.5 Å². The standard InChI is InChI=1S/C23H24O2/c1-3-24-21-14-10-19(11-15-21)23(18-8-6-5-7-9-18)20-12-16-22(17-13-20)25-4-2/h5-17,23H,3-4H2,1-2H3. The van der Waals surface area contributed by atoms with Crippen molar-refractivity contribution in [3.05, 3.63) is 95.6 Å². The quantitative estimate of drug-likeness (QED) is 0.519. The van der Waals surface area contributed by atoms with Crippen molar-refractivity contribution in [2.75, 3.05) is 13.2 Å². The van der Waals surface area contributed by atoms with Gasteiger partial charge in [0.15, 0.2) is 0 Å². The van der Waals surface area contributed by atoms with Crippen LogP contribution >= 0.6 is 0 Å². The summed E-state index contributed by atoms with van der Waals surface area (Å²) in [6.45, 7) is 5.36. The highest BCUT2D eigenvalue weighted by molar-refractivity contribution is 5.45. The van der Waals surface area contributed by atoms with Crippen LogP contribution in [-0.2, 0) is 0 Å². The third-order valence-electron chi connectivity index (χ3n) is 4.18. The van der Waals surface area contributed by atoms with E-state index in [2.05, 4.69) is 54.6 Å². The van der Waals surface area contributed by atoms with Gasteiger partial charge in [-0.25, -0.2) is 0 Å². The summed E-state index contributed by atoms with van der Waals surface area (Å²) >= 11 is 0. The Morgan fingerprint density at radius 2 is 0.960 bits per heavy atom. The SMILES string of the molecule is CCOc1ccc(C(c2ccccc2)c2ccc(OCC)cc2)cc1. The van der Waals surface area contributed by atoms with Crippen LogP contribution in [0.25, 0.3) is 0 Å². The molecule has 2 nitrogen and oxygen atoms in total. The molecule has 2 heteroatoms. The third kappa shape index (κ3) is 4.21. The minimum Gasteiger partial charge on any atom is -0.494 e. The van der Waals surface area contributed by atoms with Crippen molar-refractivity contribution in [1.82, 2.24) is 0 Å². The lowest BCUT2D eigenvalue weighted by Gasteiger charge is -2.19. The van der Waals surface area contributed by atoms with Gasteiger partial charge >= 0.3 is 0 Å². The molecular formula is C23H24O2. The summed E-state index contributed by atoms with van der Waals surface area (Å²) in [5.41, 5.74) is 3.77. The topological polar surface area (TPSA) is 18.5 Å². The lowest BCUT2D eigenvalue weighted by atomic mass is 9.85. The molecule has 0 bridgehead atoms. The molecule has 128 valence electrons. The molecule has 0 radical (unpaired) electrons. The molecule has 0 N–H and O–H groups in total. The van der Waals surface area contributed by atoms with E-state index in [0.717, 1.165) is 11.5 Å². The molecule has 0 fully saturated rings. The first kappa shape index (κ1) is 17.1. The molecule has 0 unspecified atom stereocenters. The van der Waals surface area contributed by atoms with Gasteiger partial charge in [0.25, 0.3) is 0 Å². The van der Waals surface area contributed by atoms with Crippen molar-refractivity contribution >= 4 is 0 Å². The zero-order valence-corrected chi connectivity index (χ0v) is 14.8. The van der Waals surface area contributed by atoms with E-state index >= 15 is 0 Å². The zero-order valence-electron chi connectivity index (χ0n) is 14.8. The molecule has 3 rings (SSSR count). The molecule has 3 aromatic carbocycles. The average molecular weight is 332 g/mol. The Hall–Kier alpha value is -2.74. The fourth-order valence-corrected chi connectivity index (χ4v) is 3.07. The number of hydrogen-bond donors (Lipinski definition) is 0. The molecule has 0 aromatic heterocycles. The summed E-state index contributed by atoms with van der Waals surface area (Å²) in [6, 6.07) is 27.4. The van der Waals surface area contributed by atoms with Crippen LogP contribution in [0.4, 0.5) is 0 Å². The number of ether oxygens (including phenoxy) is 2. The van der Waals surface area contributed by atoms with Crippen LogP contribution < -0.4 is 9.47 Å². The van der Waals surface area contributed by atoms with Gasteiger partial charge in [0.1, 0.15) is 11.5 Å². The predicted molar refractivity (Wildman–Crippen MR) is 103 cm³/mol. The Bertz CT molecular complexity index is 712. The van der Waals surface area contributed by atoms with Crippen LogP contribution in [0, 0.1) is 0 Å². The molecule has 0 saturated heterocycles. The van der Waals surface area contributed by atoms with Crippen LogP contribution in [0.3, 0.4) is 0 Å². The van der Waals surface area contributed by atoms with E-state index in [4.69, 9.17) is 9.47 Å². The van der Waals surface area contributed by atoms with E-state index in [-0.39, 0.29) is 5.92 Å².